The summed E-state index contributed by atoms with van der Waals surface area (Å²) in [5, 5.41) is 2.55. The Morgan fingerprint density at radius 1 is 1.29 bits per heavy atom. The molecule has 2 atom stereocenters. The summed E-state index contributed by atoms with van der Waals surface area (Å²) in [6, 6.07) is 7.98. The van der Waals surface area contributed by atoms with Crippen LogP contribution in [0, 0.1) is 0 Å². The van der Waals surface area contributed by atoms with Crippen LogP contribution in [0.3, 0.4) is 0 Å². The molecule has 92 valence electrons. The van der Waals surface area contributed by atoms with E-state index in [2.05, 4.69) is 15.8 Å². The molecule has 0 heterocycles. The molecule has 0 fully saturated rings. The lowest BCUT2D eigenvalue weighted by molar-refractivity contribution is -0.409. The number of carbonyl (C=O) groups is 2. The predicted octanol–water partition coefficient (Wildman–Crippen LogP) is -0.353. The Bertz CT molecular complexity index is 392. The Morgan fingerprint density at radius 3 is 2.41 bits per heavy atom. The number of amides is 1. The van der Waals surface area contributed by atoms with Crippen molar-refractivity contribution in [1.82, 2.24) is 5.32 Å². The van der Waals surface area contributed by atoms with E-state index in [0.29, 0.717) is 0 Å². The third kappa shape index (κ3) is 3.57. The summed E-state index contributed by atoms with van der Waals surface area (Å²) in [6.45, 7) is 1.57. The molecular formula is C12H17N2O3+. The first-order valence-electron chi connectivity index (χ1n) is 5.32. The van der Waals surface area contributed by atoms with Gasteiger partial charge in [-0.15, -0.1) is 0 Å². The van der Waals surface area contributed by atoms with E-state index in [4.69, 9.17) is 0 Å². The number of quaternary nitrogens is 1. The molecule has 0 saturated heterocycles. The number of hydrogen-bond donors (Lipinski definition) is 2. The lowest BCUT2D eigenvalue weighted by Crippen LogP contribution is -2.61. The number of nitrogens with one attached hydrogen (secondary N) is 1. The molecule has 5 heteroatoms. The van der Waals surface area contributed by atoms with E-state index in [9.17, 15) is 9.59 Å². The average molecular weight is 237 g/mol. The molecule has 0 aliphatic heterocycles. The lowest BCUT2D eigenvalue weighted by Gasteiger charge is -2.14. The highest BCUT2D eigenvalue weighted by Gasteiger charge is 2.23. The Morgan fingerprint density at radius 2 is 1.88 bits per heavy atom. The SMILES string of the molecule is COC(=O)[C@H](C)NC(=O)[C@H]([NH3+])c1ccccc1. The van der Waals surface area contributed by atoms with Gasteiger partial charge in [0.15, 0.2) is 6.04 Å². The first-order valence-corrected chi connectivity index (χ1v) is 5.32. The maximum absolute atomic E-state index is 11.8. The van der Waals surface area contributed by atoms with E-state index in [1.54, 1.807) is 6.92 Å². The predicted molar refractivity (Wildman–Crippen MR) is 61.7 cm³/mol. The number of rotatable bonds is 4. The van der Waals surface area contributed by atoms with Gasteiger partial charge in [-0.2, -0.15) is 0 Å². The molecule has 1 aromatic carbocycles. The minimum Gasteiger partial charge on any atom is -0.467 e. The van der Waals surface area contributed by atoms with Crippen molar-refractivity contribution in [2.24, 2.45) is 0 Å². The third-order valence-corrected chi connectivity index (χ3v) is 2.43. The van der Waals surface area contributed by atoms with Crippen LogP contribution in [-0.4, -0.2) is 25.0 Å². The largest absolute Gasteiger partial charge is 0.467 e. The molecule has 1 amide bonds. The van der Waals surface area contributed by atoms with Crippen molar-refractivity contribution in [3.8, 4) is 0 Å². The summed E-state index contributed by atoms with van der Waals surface area (Å²) in [6.07, 6.45) is 0. The van der Waals surface area contributed by atoms with Gasteiger partial charge in [0.05, 0.1) is 7.11 Å². The molecule has 0 aliphatic carbocycles. The van der Waals surface area contributed by atoms with Crippen LogP contribution in [0.1, 0.15) is 18.5 Å². The van der Waals surface area contributed by atoms with Crippen molar-refractivity contribution < 1.29 is 20.1 Å². The molecule has 0 aliphatic rings. The van der Waals surface area contributed by atoms with Crippen molar-refractivity contribution >= 4 is 11.9 Å². The smallest absolute Gasteiger partial charge is 0.328 e. The summed E-state index contributed by atoms with van der Waals surface area (Å²) >= 11 is 0. The fourth-order valence-electron chi connectivity index (χ4n) is 1.39. The van der Waals surface area contributed by atoms with Gasteiger partial charge < -0.3 is 15.8 Å². The second kappa shape index (κ2) is 6.00. The highest BCUT2D eigenvalue weighted by atomic mass is 16.5. The fraction of sp³-hybridized carbons (Fsp3) is 0.333. The van der Waals surface area contributed by atoms with Crippen LogP contribution < -0.4 is 11.1 Å². The van der Waals surface area contributed by atoms with Gasteiger partial charge in [-0.25, -0.2) is 4.79 Å². The molecule has 5 nitrogen and oxygen atoms in total. The van der Waals surface area contributed by atoms with Crippen molar-refractivity contribution in [1.29, 1.82) is 0 Å². The average Bonchev–Trinajstić information content (AvgIpc) is 2.37. The number of methoxy groups -OCH3 is 1. The van der Waals surface area contributed by atoms with Gasteiger partial charge in [0.2, 0.25) is 0 Å². The molecule has 0 radical (unpaired) electrons. The number of benzene rings is 1. The van der Waals surface area contributed by atoms with Crippen molar-refractivity contribution in [2.45, 2.75) is 19.0 Å². The number of esters is 1. The zero-order chi connectivity index (χ0) is 12.8. The normalized spacial score (nSPS) is 13.6. The quantitative estimate of drug-likeness (QED) is 0.702. The van der Waals surface area contributed by atoms with Crippen LogP contribution in [0.4, 0.5) is 0 Å². The minimum atomic E-state index is -0.666. The van der Waals surface area contributed by atoms with E-state index >= 15 is 0 Å². The van der Waals surface area contributed by atoms with Gasteiger partial charge in [-0.3, -0.25) is 4.79 Å². The van der Waals surface area contributed by atoms with E-state index in [-0.39, 0.29) is 5.91 Å². The van der Waals surface area contributed by atoms with Crippen LogP contribution in [0.15, 0.2) is 30.3 Å². The summed E-state index contributed by atoms with van der Waals surface area (Å²) < 4.78 is 4.52. The van der Waals surface area contributed by atoms with Gasteiger partial charge in [-0.1, -0.05) is 30.3 Å². The first-order chi connectivity index (χ1) is 8.06. The number of carbonyl (C=O) groups excluding carboxylic acids is 2. The summed E-state index contributed by atoms with van der Waals surface area (Å²) in [4.78, 5) is 22.9. The summed E-state index contributed by atoms with van der Waals surface area (Å²) in [7, 11) is 1.28. The summed E-state index contributed by atoms with van der Waals surface area (Å²) in [5.41, 5.74) is 4.59. The van der Waals surface area contributed by atoms with Gasteiger partial charge in [-0.05, 0) is 6.92 Å². The van der Waals surface area contributed by atoms with Crippen LogP contribution in [0.25, 0.3) is 0 Å². The van der Waals surface area contributed by atoms with Gasteiger partial charge in [0.1, 0.15) is 6.04 Å². The molecule has 1 rings (SSSR count). The molecule has 4 N–H and O–H groups in total. The zero-order valence-corrected chi connectivity index (χ0v) is 9.97. The Balaban J connectivity index is 2.62. The molecule has 0 aromatic heterocycles. The highest BCUT2D eigenvalue weighted by molar-refractivity contribution is 5.87. The molecule has 0 saturated carbocycles. The Kier molecular flexibility index (Phi) is 4.66. The second-order valence-corrected chi connectivity index (χ2v) is 3.72. The minimum absolute atomic E-state index is 0.297. The van der Waals surface area contributed by atoms with Crippen LogP contribution in [0.5, 0.6) is 0 Å². The summed E-state index contributed by atoms with van der Waals surface area (Å²) in [5.74, 6) is -0.771. The maximum Gasteiger partial charge on any atom is 0.328 e. The molecule has 1 aromatic rings. The van der Waals surface area contributed by atoms with E-state index in [0.717, 1.165) is 5.56 Å². The van der Waals surface area contributed by atoms with Crippen molar-refractivity contribution in [2.75, 3.05) is 7.11 Å². The lowest BCUT2D eigenvalue weighted by atomic mass is 10.1. The topological polar surface area (TPSA) is 83.0 Å². The Hall–Kier alpha value is -1.88. The molecule has 0 spiro atoms. The van der Waals surface area contributed by atoms with Gasteiger partial charge in [0, 0.05) is 5.56 Å². The third-order valence-electron chi connectivity index (χ3n) is 2.43. The van der Waals surface area contributed by atoms with Crippen LogP contribution in [0.2, 0.25) is 0 Å². The monoisotopic (exact) mass is 237 g/mol. The first kappa shape index (κ1) is 13.2. The molecule has 17 heavy (non-hydrogen) atoms. The van der Waals surface area contributed by atoms with E-state index < -0.39 is 18.1 Å². The number of hydrogen-bond acceptors (Lipinski definition) is 3. The van der Waals surface area contributed by atoms with Gasteiger partial charge >= 0.3 is 5.97 Å². The van der Waals surface area contributed by atoms with Crippen LogP contribution in [-0.2, 0) is 14.3 Å². The van der Waals surface area contributed by atoms with Crippen LogP contribution >= 0.6 is 0 Å². The number of ether oxygens (including phenoxy) is 1. The van der Waals surface area contributed by atoms with E-state index in [1.165, 1.54) is 7.11 Å². The molecular weight excluding hydrogens is 220 g/mol. The maximum atomic E-state index is 11.8. The van der Waals surface area contributed by atoms with Crippen molar-refractivity contribution in [3.05, 3.63) is 35.9 Å². The Labute approximate surface area is 99.9 Å². The fourth-order valence-corrected chi connectivity index (χ4v) is 1.39. The molecule has 0 unspecified atom stereocenters. The van der Waals surface area contributed by atoms with E-state index in [1.807, 2.05) is 30.3 Å². The second-order valence-electron chi connectivity index (χ2n) is 3.72. The van der Waals surface area contributed by atoms with Crippen molar-refractivity contribution in [3.63, 3.8) is 0 Å². The standard InChI is InChI=1S/C12H16N2O3/c1-8(12(16)17-2)14-11(15)10(13)9-6-4-3-5-7-9/h3-8,10H,13H2,1-2H3,(H,14,15)/p+1/t8-,10+/m0/s1. The van der Waals surface area contributed by atoms with Gasteiger partial charge in [0.25, 0.3) is 5.91 Å². The zero-order valence-electron chi connectivity index (χ0n) is 9.97. The molecule has 0 bridgehead atoms. The highest BCUT2D eigenvalue weighted by Crippen LogP contribution is 2.07.